The summed E-state index contributed by atoms with van der Waals surface area (Å²) in [6.07, 6.45) is 4.91. The van der Waals surface area contributed by atoms with E-state index in [9.17, 15) is 0 Å². The predicted octanol–water partition coefficient (Wildman–Crippen LogP) is 5.33. The molecule has 1 N–H and O–H groups in total. The molecule has 0 rings (SSSR count). The maximum absolute atomic E-state index is 7.71. The Balaban J connectivity index is 4.76. The molecule has 0 fully saturated rings. The lowest BCUT2D eigenvalue weighted by Gasteiger charge is -2.43. The monoisotopic (exact) mass is 287 g/mol. The predicted molar refractivity (Wildman–Crippen MR) is 88.8 cm³/mol. The summed E-state index contributed by atoms with van der Waals surface area (Å²) in [7, 11) is 2.37. The molecule has 0 amide bonds. The van der Waals surface area contributed by atoms with Crippen LogP contribution >= 0.6 is 9.47 Å². The Morgan fingerprint density at radius 2 is 1.63 bits per heavy atom. The summed E-state index contributed by atoms with van der Waals surface area (Å²) < 4.78 is 5.37. The molecule has 0 spiro atoms. The van der Waals surface area contributed by atoms with Crippen LogP contribution in [-0.4, -0.2) is 12.8 Å². The van der Waals surface area contributed by atoms with Crippen molar-refractivity contribution < 1.29 is 4.52 Å². The third kappa shape index (κ3) is 6.86. The molecule has 19 heavy (non-hydrogen) atoms. The molecule has 0 aliphatic carbocycles. The highest BCUT2D eigenvalue weighted by atomic mass is 31.0. The average Bonchev–Trinajstić information content (AvgIpc) is 2.21. The first-order valence-electron chi connectivity index (χ1n) is 7.27. The molecule has 0 aliphatic rings. The first-order valence-corrected chi connectivity index (χ1v) is 7.74. The van der Waals surface area contributed by atoms with E-state index in [1.54, 1.807) is 6.21 Å². The molecule has 0 aromatic carbocycles. The molecule has 0 saturated heterocycles. The van der Waals surface area contributed by atoms with E-state index in [-0.39, 0.29) is 10.8 Å². The largest absolute Gasteiger partial charge is 0.365 e. The standard InChI is InChI=1S/C16H34NOP/c1-14(2,3)9-8-13(11-17)10-16(7,12-18-19)15(4,5)6/h11,13,17H,8-10,12,19H2,1-7H3. The van der Waals surface area contributed by atoms with E-state index in [1.807, 2.05) is 0 Å². The van der Waals surface area contributed by atoms with Crippen molar-refractivity contribution in [1.29, 1.82) is 5.41 Å². The molecular formula is C16H34NOP. The van der Waals surface area contributed by atoms with Crippen LogP contribution in [0.5, 0.6) is 0 Å². The summed E-state index contributed by atoms with van der Waals surface area (Å²) in [6, 6.07) is 0. The third-order valence-electron chi connectivity index (χ3n) is 4.43. The van der Waals surface area contributed by atoms with Crippen molar-refractivity contribution in [3.05, 3.63) is 0 Å². The van der Waals surface area contributed by atoms with Gasteiger partial charge in [-0.3, -0.25) is 0 Å². The zero-order valence-electron chi connectivity index (χ0n) is 14.0. The molecule has 0 radical (unpaired) electrons. The van der Waals surface area contributed by atoms with Gasteiger partial charge in [0.15, 0.2) is 0 Å². The van der Waals surface area contributed by atoms with Crippen molar-refractivity contribution in [3.63, 3.8) is 0 Å². The van der Waals surface area contributed by atoms with Gasteiger partial charge in [0.2, 0.25) is 0 Å². The van der Waals surface area contributed by atoms with Crippen LogP contribution in [0.1, 0.15) is 67.7 Å². The van der Waals surface area contributed by atoms with Crippen LogP contribution in [0, 0.1) is 27.6 Å². The second-order valence-corrected chi connectivity index (χ2v) is 8.69. The second-order valence-electron chi connectivity index (χ2n) is 8.35. The van der Waals surface area contributed by atoms with E-state index < -0.39 is 0 Å². The lowest BCUT2D eigenvalue weighted by molar-refractivity contribution is 0.0333. The Morgan fingerprint density at radius 3 is 1.95 bits per heavy atom. The Kier molecular flexibility index (Phi) is 7.20. The number of hydrogen-bond acceptors (Lipinski definition) is 2. The molecule has 0 aromatic rings. The third-order valence-corrected chi connectivity index (χ3v) is 4.59. The molecule has 0 bridgehead atoms. The highest BCUT2D eigenvalue weighted by Crippen LogP contribution is 2.44. The summed E-state index contributed by atoms with van der Waals surface area (Å²) in [4.78, 5) is 0. The van der Waals surface area contributed by atoms with Crippen molar-refractivity contribution >= 4 is 15.7 Å². The second kappa shape index (κ2) is 7.18. The summed E-state index contributed by atoms with van der Waals surface area (Å²) in [5.74, 6) is 0.351. The van der Waals surface area contributed by atoms with Crippen molar-refractivity contribution in [1.82, 2.24) is 0 Å². The minimum atomic E-state index is 0.0921. The van der Waals surface area contributed by atoms with Gasteiger partial charge in [-0.05, 0) is 47.6 Å². The van der Waals surface area contributed by atoms with E-state index in [0.717, 1.165) is 25.9 Å². The fraction of sp³-hybridized carbons (Fsp3) is 0.938. The van der Waals surface area contributed by atoms with Crippen molar-refractivity contribution in [2.45, 2.75) is 67.7 Å². The number of rotatable bonds is 7. The lowest BCUT2D eigenvalue weighted by Crippen LogP contribution is -2.38. The maximum Gasteiger partial charge on any atom is 0.0560 e. The van der Waals surface area contributed by atoms with Crippen molar-refractivity contribution in [2.24, 2.45) is 22.2 Å². The Morgan fingerprint density at radius 1 is 1.11 bits per heavy atom. The minimum absolute atomic E-state index is 0.0921. The van der Waals surface area contributed by atoms with Crippen LogP contribution in [0.25, 0.3) is 0 Å². The van der Waals surface area contributed by atoms with Gasteiger partial charge < -0.3 is 9.93 Å². The quantitative estimate of drug-likeness (QED) is 0.498. The van der Waals surface area contributed by atoms with Crippen LogP contribution in [-0.2, 0) is 4.52 Å². The molecule has 0 aromatic heterocycles. The zero-order chi connectivity index (χ0) is 15.3. The van der Waals surface area contributed by atoms with Crippen LogP contribution < -0.4 is 0 Å². The smallest absolute Gasteiger partial charge is 0.0560 e. The Bertz CT molecular complexity index is 277. The fourth-order valence-electron chi connectivity index (χ4n) is 2.21. The van der Waals surface area contributed by atoms with E-state index in [4.69, 9.17) is 9.93 Å². The number of nitrogens with one attached hydrogen (secondary N) is 1. The van der Waals surface area contributed by atoms with Gasteiger partial charge in [0.25, 0.3) is 0 Å². The average molecular weight is 287 g/mol. The lowest BCUT2D eigenvalue weighted by atomic mass is 9.63. The fourth-order valence-corrected chi connectivity index (χ4v) is 2.57. The number of hydrogen-bond donors (Lipinski definition) is 1. The summed E-state index contributed by atoms with van der Waals surface area (Å²) >= 11 is 0. The van der Waals surface area contributed by atoms with Crippen molar-refractivity contribution in [3.8, 4) is 0 Å². The van der Waals surface area contributed by atoms with Gasteiger partial charge in [-0.25, -0.2) is 0 Å². The van der Waals surface area contributed by atoms with Gasteiger partial charge in [0.05, 0.1) is 6.61 Å². The van der Waals surface area contributed by atoms with Gasteiger partial charge in [-0.15, -0.1) is 0 Å². The normalized spacial score (nSPS) is 17.9. The van der Waals surface area contributed by atoms with E-state index >= 15 is 0 Å². The van der Waals surface area contributed by atoms with Gasteiger partial charge in [-0.1, -0.05) is 48.5 Å². The topological polar surface area (TPSA) is 33.1 Å². The molecule has 0 aliphatic heterocycles. The summed E-state index contributed by atoms with van der Waals surface area (Å²) in [5, 5.41) is 7.71. The van der Waals surface area contributed by atoms with Crippen molar-refractivity contribution in [2.75, 3.05) is 6.61 Å². The maximum atomic E-state index is 7.71. The SMILES string of the molecule is CC(C)(C)CCC(C=N)CC(C)(COP)C(C)(C)C. The highest BCUT2D eigenvalue weighted by Gasteiger charge is 2.39. The molecule has 3 atom stereocenters. The molecular weight excluding hydrogens is 253 g/mol. The first-order chi connectivity index (χ1) is 8.45. The van der Waals surface area contributed by atoms with Gasteiger partial charge in [0, 0.05) is 9.47 Å². The zero-order valence-corrected chi connectivity index (χ0v) is 15.1. The molecule has 2 nitrogen and oxygen atoms in total. The van der Waals surface area contributed by atoms with Crippen LogP contribution in [0.4, 0.5) is 0 Å². The first kappa shape index (κ1) is 19.1. The van der Waals surface area contributed by atoms with Crippen LogP contribution in [0.15, 0.2) is 0 Å². The van der Waals surface area contributed by atoms with E-state index in [0.29, 0.717) is 11.3 Å². The Hall–Kier alpha value is 0.0600. The Labute approximate surface area is 122 Å². The molecule has 114 valence electrons. The van der Waals surface area contributed by atoms with Crippen LogP contribution in [0.2, 0.25) is 0 Å². The van der Waals surface area contributed by atoms with Gasteiger partial charge in [-0.2, -0.15) is 0 Å². The minimum Gasteiger partial charge on any atom is -0.365 e. The van der Waals surface area contributed by atoms with Gasteiger partial charge in [0.1, 0.15) is 0 Å². The van der Waals surface area contributed by atoms with E-state index in [1.165, 1.54) is 0 Å². The van der Waals surface area contributed by atoms with E-state index in [2.05, 4.69) is 57.9 Å². The summed E-state index contributed by atoms with van der Waals surface area (Å²) in [6.45, 7) is 16.6. The van der Waals surface area contributed by atoms with Crippen LogP contribution in [0.3, 0.4) is 0 Å². The molecule has 3 unspecified atom stereocenters. The molecule has 3 heteroatoms. The highest BCUT2D eigenvalue weighted by molar-refractivity contribution is 7.09. The molecule has 0 heterocycles. The van der Waals surface area contributed by atoms with Gasteiger partial charge >= 0.3 is 0 Å². The molecule has 0 saturated carbocycles. The summed E-state index contributed by atoms with van der Waals surface area (Å²) in [5.41, 5.74) is 0.609.